The molecule has 2 aliphatic rings. The van der Waals surface area contributed by atoms with Gasteiger partial charge in [0.15, 0.2) is 0 Å². The zero-order chi connectivity index (χ0) is 9.80. The summed E-state index contributed by atoms with van der Waals surface area (Å²) in [6.45, 7) is 3.99. The molecule has 1 saturated heterocycles. The first kappa shape index (κ1) is 10.6. The first-order valence-electron chi connectivity index (χ1n) is 5.82. The monoisotopic (exact) mass is 211 g/mol. The molecule has 1 heterocycles. The molecule has 1 nitrogen and oxygen atoms in total. The summed E-state index contributed by atoms with van der Waals surface area (Å²) in [5.74, 6) is 0.817. The van der Waals surface area contributed by atoms with Gasteiger partial charge in [-0.2, -0.15) is 11.8 Å². The van der Waals surface area contributed by atoms with Gasteiger partial charge in [-0.1, -0.05) is 12.2 Å². The minimum Gasteiger partial charge on any atom is -0.303 e. The second kappa shape index (κ2) is 5.22. The summed E-state index contributed by atoms with van der Waals surface area (Å²) in [5, 5.41) is 0.876. The van der Waals surface area contributed by atoms with E-state index in [4.69, 9.17) is 0 Å². The van der Waals surface area contributed by atoms with Gasteiger partial charge in [0.2, 0.25) is 0 Å². The molecule has 14 heavy (non-hydrogen) atoms. The smallest absolute Gasteiger partial charge is 0.0122 e. The quantitative estimate of drug-likeness (QED) is 0.660. The van der Waals surface area contributed by atoms with Crippen LogP contribution in [0.1, 0.15) is 25.7 Å². The molecular weight excluding hydrogens is 190 g/mol. The highest BCUT2D eigenvalue weighted by Crippen LogP contribution is 2.29. The Hall–Kier alpha value is 0.0500. The van der Waals surface area contributed by atoms with Crippen LogP contribution in [0, 0.1) is 5.92 Å². The van der Waals surface area contributed by atoms with Crippen molar-refractivity contribution in [3.8, 4) is 0 Å². The third kappa shape index (κ3) is 2.54. The molecule has 80 valence electrons. The molecule has 2 atom stereocenters. The van der Waals surface area contributed by atoms with Crippen LogP contribution in [-0.4, -0.2) is 36.0 Å². The Labute approximate surface area is 91.9 Å². The summed E-state index contributed by atoms with van der Waals surface area (Å²) in [6, 6.07) is 0. The predicted octanol–water partition coefficient (Wildman–Crippen LogP) is 2.78. The summed E-state index contributed by atoms with van der Waals surface area (Å²) >= 11 is 2.06. The molecule has 2 unspecified atom stereocenters. The van der Waals surface area contributed by atoms with Gasteiger partial charge in [0, 0.05) is 17.7 Å². The Morgan fingerprint density at radius 2 is 2.14 bits per heavy atom. The normalized spacial score (nSPS) is 33.8. The van der Waals surface area contributed by atoms with Gasteiger partial charge in [-0.25, -0.2) is 0 Å². The fraction of sp³-hybridized carbons (Fsp3) is 0.833. The number of thioether (sulfide) groups is 1. The standard InChI is InChI=1S/C12H21NS/c1-14-12-7-3-2-6-11(12)10-13-8-4-5-9-13/h2,6,11-12H,3-5,7-10H2,1H3. The average molecular weight is 211 g/mol. The Bertz CT molecular complexity index is 196. The maximum Gasteiger partial charge on any atom is 0.0122 e. The first-order valence-corrected chi connectivity index (χ1v) is 7.11. The van der Waals surface area contributed by atoms with Gasteiger partial charge in [0.25, 0.3) is 0 Å². The second-order valence-corrected chi connectivity index (χ2v) is 5.53. The van der Waals surface area contributed by atoms with E-state index in [9.17, 15) is 0 Å². The van der Waals surface area contributed by atoms with Crippen LogP contribution < -0.4 is 0 Å². The topological polar surface area (TPSA) is 3.24 Å². The van der Waals surface area contributed by atoms with Gasteiger partial charge >= 0.3 is 0 Å². The lowest BCUT2D eigenvalue weighted by molar-refractivity contribution is 0.294. The van der Waals surface area contributed by atoms with Gasteiger partial charge in [-0.05, 0) is 45.0 Å². The van der Waals surface area contributed by atoms with Crippen LogP contribution in [0.15, 0.2) is 12.2 Å². The molecular formula is C12H21NS. The molecule has 0 N–H and O–H groups in total. The van der Waals surface area contributed by atoms with E-state index in [1.807, 2.05) is 0 Å². The van der Waals surface area contributed by atoms with Crippen molar-refractivity contribution >= 4 is 11.8 Å². The summed E-state index contributed by atoms with van der Waals surface area (Å²) in [7, 11) is 0. The van der Waals surface area contributed by atoms with E-state index in [-0.39, 0.29) is 0 Å². The van der Waals surface area contributed by atoms with Crippen LogP contribution in [0.25, 0.3) is 0 Å². The fourth-order valence-electron chi connectivity index (χ4n) is 2.60. The lowest BCUT2D eigenvalue weighted by atomic mass is 9.95. The molecule has 2 heteroatoms. The molecule has 2 rings (SSSR count). The summed E-state index contributed by atoms with van der Waals surface area (Å²) in [5.41, 5.74) is 0. The largest absolute Gasteiger partial charge is 0.303 e. The average Bonchev–Trinajstić information content (AvgIpc) is 2.71. The molecule has 0 amide bonds. The summed E-state index contributed by atoms with van der Waals surface area (Å²) < 4.78 is 0. The van der Waals surface area contributed by atoms with Crippen LogP contribution >= 0.6 is 11.8 Å². The minimum atomic E-state index is 0.817. The minimum absolute atomic E-state index is 0.817. The van der Waals surface area contributed by atoms with Crippen LogP contribution in [0.3, 0.4) is 0 Å². The third-order valence-electron chi connectivity index (χ3n) is 3.45. The molecule has 0 aromatic carbocycles. The summed E-state index contributed by atoms with van der Waals surface area (Å²) in [6.07, 6.45) is 12.6. The van der Waals surface area contributed by atoms with Gasteiger partial charge < -0.3 is 4.90 Å². The van der Waals surface area contributed by atoms with Gasteiger partial charge in [0.1, 0.15) is 0 Å². The van der Waals surface area contributed by atoms with Crippen molar-refractivity contribution < 1.29 is 0 Å². The van der Waals surface area contributed by atoms with E-state index in [0.29, 0.717) is 0 Å². The number of hydrogen-bond acceptors (Lipinski definition) is 2. The van der Waals surface area contributed by atoms with Crippen molar-refractivity contribution in [3.63, 3.8) is 0 Å². The van der Waals surface area contributed by atoms with Gasteiger partial charge in [-0.3, -0.25) is 0 Å². The van der Waals surface area contributed by atoms with Crippen molar-refractivity contribution in [2.45, 2.75) is 30.9 Å². The van der Waals surface area contributed by atoms with Crippen molar-refractivity contribution in [3.05, 3.63) is 12.2 Å². The Kier molecular flexibility index (Phi) is 3.94. The van der Waals surface area contributed by atoms with E-state index >= 15 is 0 Å². The Morgan fingerprint density at radius 3 is 2.86 bits per heavy atom. The fourth-order valence-corrected chi connectivity index (χ4v) is 3.50. The molecule has 0 saturated carbocycles. The third-order valence-corrected chi connectivity index (χ3v) is 4.64. The number of allylic oxidation sites excluding steroid dienone is 1. The second-order valence-electron chi connectivity index (χ2n) is 4.45. The molecule has 0 bridgehead atoms. The van der Waals surface area contributed by atoms with E-state index in [2.05, 4.69) is 35.1 Å². The molecule has 0 aromatic rings. The van der Waals surface area contributed by atoms with E-state index in [1.165, 1.54) is 45.3 Å². The molecule has 1 fully saturated rings. The van der Waals surface area contributed by atoms with Gasteiger partial charge in [-0.15, -0.1) is 0 Å². The highest BCUT2D eigenvalue weighted by atomic mass is 32.2. The zero-order valence-electron chi connectivity index (χ0n) is 9.11. The number of rotatable bonds is 3. The van der Waals surface area contributed by atoms with E-state index in [1.54, 1.807) is 0 Å². The number of hydrogen-bond donors (Lipinski definition) is 0. The zero-order valence-corrected chi connectivity index (χ0v) is 9.93. The lowest BCUT2D eigenvalue weighted by Gasteiger charge is -2.29. The maximum atomic E-state index is 2.64. The Balaban J connectivity index is 1.87. The van der Waals surface area contributed by atoms with Crippen molar-refractivity contribution in [2.75, 3.05) is 25.9 Å². The van der Waals surface area contributed by atoms with Crippen molar-refractivity contribution in [2.24, 2.45) is 5.92 Å². The maximum absolute atomic E-state index is 2.64. The van der Waals surface area contributed by atoms with Gasteiger partial charge in [0.05, 0.1) is 0 Å². The molecule has 0 aromatic heterocycles. The SMILES string of the molecule is CSC1CCC=CC1CN1CCCC1. The molecule has 1 aliphatic heterocycles. The molecule has 0 spiro atoms. The van der Waals surface area contributed by atoms with Crippen LogP contribution in [-0.2, 0) is 0 Å². The highest BCUT2D eigenvalue weighted by Gasteiger charge is 2.24. The Morgan fingerprint density at radius 1 is 1.36 bits per heavy atom. The number of likely N-dealkylation sites (tertiary alicyclic amines) is 1. The highest BCUT2D eigenvalue weighted by molar-refractivity contribution is 7.99. The summed E-state index contributed by atoms with van der Waals surface area (Å²) in [4.78, 5) is 2.64. The van der Waals surface area contributed by atoms with Crippen molar-refractivity contribution in [1.29, 1.82) is 0 Å². The number of nitrogens with zero attached hydrogens (tertiary/aromatic N) is 1. The van der Waals surface area contributed by atoms with Crippen LogP contribution in [0.2, 0.25) is 0 Å². The van der Waals surface area contributed by atoms with Crippen LogP contribution in [0.4, 0.5) is 0 Å². The first-order chi connectivity index (χ1) is 6.90. The van der Waals surface area contributed by atoms with E-state index < -0.39 is 0 Å². The lowest BCUT2D eigenvalue weighted by Crippen LogP contribution is -2.32. The van der Waals surface area contributed by atoms with E-state index in [0.717, 1.165) is 11.2 Å². The van der Waals surface area contributed by atoms with Crippen LogP contribution in [0.5, 0.6) is 0 Å². The predicted molar refractivity (Wildman–Crippen MR) is 64.8 cm³/mol. The molecule has 1 aliphatic carbocycles. The van der Waals surface area contributed by atoms with Crippen molar-refractivity contribution in [1.82, 2.24) is 4.90 Å². The molecule has 0 radical (unpaired) electrons.